The van der Waals surface area contributed by atoms with Gasteiger partial charge in [-0.1, -0.05) is 6.08 Å². The summed E-state index contributed by atoms with van der Waals surface area (Å²) in [5, 5.41) is 3.61. The molecule has 2 aliphatic rings. The minimum atomic E-state index is -4.43. The van der Waals surface area contributed by atoms with E-state index in [9.17, 15) is 18.0 Å². The van der Waals surface area contributed by atoms with Crippen LogP contribution >= 0.6 is 0 Å². The minimum absolute atomic E-state index is 0.104. The monoisotopic (exact) mass is 451 g/mol. The fraction of sp³-hybridized carbons (Fsp3) is 0.609. The van der Waals surface area contributed by atoms with Crippen LogP contribution < -0.4 is 5.32 Å². The smallest absolute Gasteiger partial charge is 0.323 e. The van der Waals surface area contributed by atoms with Crippen molar-refractivity contribution in [3.63, 3.8) is 0 Å². The molecule has 2 atom stereocenters. The van der Waals surface area contributed by atoms with Gasteiger partial charge in [0.05, 0.1) is 5.56 Å². The third-order valence-electron chi connectivity index (χ3n) is 6.00. The minimum Gasteiger partial charge on any atom is -0.323 e. The third-order valence-corrected chi connectivity index (χ3v) is 6.00. The highest BCUT2D eigenvalue weighted by Crippen LogP contribution is 2.31. The number of unbranched alkanes of at least 4 members (excludes halogenated alkanes) is 1. The number of pyridine rings is 1. The maximum Gasteiger partial charge on any atom is 0.417 e. The molecule has 32 heavy (non-hydrogen) atoms. The molecular formula is C23H32F3N5O. The molecule has 0 aliphatic carbocycles. The molecule has 1 N–H and O–H groups in total. The molecule has 2 amide bonds. The first-order valence-corrected chi connectivity index (χ1v) is 11.2. The molecule has 9 heteroatoms. The number of halogens is 3. The molecule has 0 saturated carbocycles. The Bertz CT molecular complexity index is 839. The summed E-state index contributed by atoms with van der Waals surface area (Å²) in [7, 11) is 1.75. The van der Waals surface area contributed by atoms with E-state index in [1.807, 2.05) is 11.0 Å². The zero-order valence-corrected chi connectivity index (χ0v) is 18.7. The fourth-order valence-corrected chi connectivity index (χ4v) is 4.29. The Kier molecular flexibility index (Phi) is 8.28. The van der Waals surface area contributed by atoms with Crippen molar-refractivity contribution in [2.45, 2.75) is 63.8 Å². The van der Waals surface area contributed by atoms with Crippen LogP contribution in [0.2, 0.25) is 0 Å². The van der Waals surface area contributed by atoms with Crippen molar-refractivity contribution >= 4 is 12.2 Å². The van der Waals surface area contributed by atoms with E-state index in [-0.39, 0.29) is 18.6 Å². The Morgan fingerprint density at radius 2 is 2.19 bits per heavy atom. The predicted molar refractivity (Wildman–Crippen MR) is 119 cm³/mol. The Labute approximate surface area is 187 Å². The highest BCUT2D eigenvalue weighted by atomic mass is 19.4. The second-order valence-corrected chi connectivity index (χ2v) is 8.55. The molecule has 6 nitrogen and oxygen atoms in total. The first-order chi connectivity index (χ1) is 15.3. The molecule has 3 heterocycles. The van der Waals surface area contributed by atoms with Gasteiger partial charge in [0.1, 0.15) is 0 Å². The van der Waals surface area contributed by atoms with Crippen LogP contribution in [-0.4, -0.2) is 65.8 Å². The van der Waals surface area contributed by atoms with Crippen LogP contribution in [0.1, 0.15) is 49.4 Å². The molecule has 1 fully saturated rings. The van der Waals surface area contributed by atoms with Crippen molar-refractivity contribution in [3.8, 4) is 0 Å². The summed E-state index contributed by atoms with van der Waals surface area (Å²) in [6, 6.07) is 1.62. The first-order valence-electron chi connectivity index (χ1n) is 11.2. The molecule has 1 saturated heterocycles. The fourth-order valence-electron chi connectivity index (χ4n) is 4.29. The van der Waals surface area contributed by atoms with Crippen molar-refractivity contribution in [2.75, 3.05) is 26.7 Å². The standard InChI is InChI=1S/C23H32F3N5O/c1-17(7-5-3-4-6-10-27-2)29-20-8-11-31(16-20)22(32)30-12-9-21-18(15-30)13-19(14-28-21)23(24,25)26/h4,6,10,13-14,17,20,29H,3,5,7-9,11-12,15-16H2,1-2H3/b6-4-,27-10?. The van der Waals surface area contributed by atoms with E-state index in [1.165, 1.54) is 0 Å². The Balaban J connectivity index is 1.47. The van der Waals surface area contributed by atoms with Gasteiger partial charge in [-0.2, -0.15) is 13.2 Å². The van der Waals surface area contributed by atoms with Gasteiger partial charge in [0.25, 0.3) is 0 Å². The average molecular weight is 452 g/mol. The van der Waals surface area contributed by atoms with Gasteiger partial charge in [0.15, 0.2) is 0 Å². The lowest BCUT2D eigenvalue weighted by Gasteiger charge is -2.32. The number of rotatable bonds is 7. The number of aliphatic imine (C=N–C) groups is 1. The molecule has 1 aromatic heterocycles. The molecule has 0 radical (unpaired) electrons. The van der Waals surface area contributed by atoms with Gasteiger partial charge < -0.3 is 15.1 Å². The lowest BCUT2D eigenvalue weighted by atomic mass is 10.0. The topological polar surface area (TPSA) is 60.8 Å². The molecule has 1 aromatic rings. The maximum atomic E-state index is 13.0. The van der Waals surface area contributed by atoms with Crippen LogP contribution in [0.5, 0.6) is 0 Å². The molecule has 2 aliphatic heterocycles. The van der Waals surface area contributed by atoms with E-state index in [0.717, 1.165) is 37.9 Å². The van der Waals surface area contributed by atoms with E-state index >= 15 is 0 Å². The molecule has 0 spiro atoms. The van der Waals surface area contributed by atoms with E-state index in [2.05, 4.69) is 28.3 Å². The van der Waals surface area contributed by atoms with Gasteiger partial charge in [0, 0.05) is 69.8 Å². The number of nitrogens with one attached hydrogen (secondary N) is 1. The van der Waals surface area contributed by atoms with Crippen LogP contribution in [0.15, 0.2) is 29.4 Å². The molecular weight excluding hydrogens is 419 g/mol. The zero-order chi connectivity index (χ0) is 23.1. The summed E-state index contributed by atoms with van der Waals surface area (Å²) in [4.78, 5) is 24.3. The van der Waals surface area contributed by atoms with Gasteiger partial charge in [-0.3, -0.25) is 9.98 Å². The van der Waals surface area contributed by atoms with Crippen molar-refractivity contribution in [1.82, 2.24) is 20.1 Å². The van der Waals surface area contributed by atoms with Gasteiger partial charge >= 0.3 is 12.2 Å². The number of hydrogen-bond acceptors (Lipinski definition) is 4. The lowest BCUT2D eigenvalue weighted by molar-refractivity contribution is -0.137. The number of carbonyl (C=O) groups excluding carboxylic acids is 1. The number of alkyl halides is 3. The van der Waals surface area contributed by atoms with E-state index in [0.29, 0.717) is 43.4 Å². The third kappa shape index (κ3) is 6.54. The molecule has 176 valence electrons. The number of fused-ring (bicyclic) bond motifs is 1. The number of nitrogens with zero attached hydrogens (tertiary/aromatic N) is 4. The Morgan fingerprint density at radius 1 is 1.38 bits per heavy atom. The van der Waals surface area contributed by atoms with Gasteiger partial charge in [-0.05, 0) is 50.3 Å². The molecule has 2 unspecified atom stereocenters. The highest BCUT2D eigenvalue weighted by molar-refractivity contribution is 5.75. The number of allylic oxidation sites excluding steroid dienone is 2. The lowest BCUT2D eigenvalue weighted by Crippen LogP contribution is -2.46. The average Bonchev–Trinajstić information content (AvgIpc) is 3.22. The summed E-state index contributed by atoms with van der Waals surface area (Å²) in [6.07, 6.45) is 6.79. The first kappa shape index (κ1) is 24.2. The van der Waals surface area contributed by atoms with Crippen LogP contribution in [0.25, 0.3) is 0 Å². The zero-order valence-electron chi connectivity index (χ0n) is 18.7. The van der Waals surface area contributed by atoms with Crippen molar-refractivity contribution in [2.24, 2.45) is 4.99 Å². The summed E-state index contributed by atoms with van der Waals surface area (Å²) >= 11 is 0. The number of amides is 2. The number of urea groups is 1. The molecule has 0 bridgehead atoms. The van der Waals surface area contributed by atoms with Crippen LogP contribution in [0.4, 0.5) is 18.0 Å². The SMILES string of the molecule is CN=C/C=C\CCCC(C)NC1CCN(C(=O)N2CCc3ncc(C(F)(F)F)cc3C2)C1. The van der Waals surface area contributed by atoms with Crippen LogP contribution in [-0.2, 0) is 19.1 Å². The van der Waals surface area contributed by atoms with E-state index in [4.69, 9.17) is 0 Å². The summed E-state index contributed by atoms with van der Waals surface area (Å²) < 4.78 is 39.0. The Morgan fingerprint density at radius 3 is 2.94 bits per heavy atom. The molecule has 3 rings (SSSR count). The van der Waals surface area contributed by atoms with Crippen molar-refractivity contribution in [1.29, 1.82) is 0 Å². The van der Waals surface area contributed by atoms with Gasteiger partial charge in [-0.15, -0.1) is 0 Å². The summed E-state index contributed by atoms with van der Waals surface area (Å²) in [5.74, 6) is 0. The van der Waals surface area contributed by atoms with Gasteiger partial charge in [0.2, 0.25) is 0 Å². The normalized spacial score (nSPS) is 20.3. The van der Waals surface area contributed by atoms with Crippen LogP contribution in [0, 0.1) is 0 Å². The number of carbonyl (C=O) groups is 1. The number of aromatic nitrogens is 1. The van der Waals surface area contributed by atoms with Crippen molar-refractivity contribution < 1.29 is 18.0 Å². The van der Waals surface area contributed by atoms with Crippen molar-refractivity contribution in [3.05, 3.63) is 41.2 Å². The second-order valence-electron chi connectivity index (χ2n) is 8.55. The summed E-state index contributed by atoms with van der Waals surface area (Å²) in [5.41, 5.74) is 0.369. The number of likely N-dealkylation sites (tertiary alicyclic amines) is 1. The summed E-state index contributed by atoms with van der Waals surface area (Å²) in [6.45, 7) is 4.10. The number of hydrogen-bond donors (Lipinski definition) is 1. The Hall–Kier alpha value is -2.42. The second kappa shape index (κ2) is 10.9. The largest absolute Gasteiger partial charge is 0.417 e. The quantitative estimate of drug-likeness (QED) is 0.503. The predicted octanol–water partition coefficient (Wildman–Crippen LogP) is 4.06. The van der Waals surface area contributed by atoms with Gasteiger partial charge in [-0.25, -0.2) is 4.79 Å². The van der Waals surface area contributed by atoms with E-state index in [1.54, 1.807) is 18.2 Å². The maximum absolute atomic E-state index is 13.0. The van der Waals surface area contributed by atoms with E-state index < -0.39 is 11.7 Å². The molecule has 0 aromatic carbocycles. The highest BCUT2D eigenvalue weighted by Gasteiger charge is 2.34. The van der Waals surface area contributed by atoms with Crippen LogP contribution in [0.3, 0.4) is 0 Å².